The van der Waals surface area contributed by atoms with E-state index in [9.17, 15) is 9.50 Å². The molecule has 0 spiro atoms. The molecule has 0 saturated heterocycles. The van der Waals surface area contributed by atoms with E-state index >= 15 is 0 Å². The van der Waals surface area contributed by atoms with Gasteiger partial charge in [0.15, 0.2) is 11.6 Å². The van der Waals surface area contributed by atoms with Crippen molar-refractivity contribution in [1.29, 1.82) is 0 Å². The number of aliphatic hydroxyl groups excluding tert-OH is 1. The third-order valence-corrected chi connectivity index (χ3v) is 2.15. The molecular weight excluding hydrogens is 183 g/mol. The van der Waals surface area contributed by atoms with Gasteiger partial charge in [-0.25, -0.2) is 4.39 Å². The molecule has 1 aromatic carbocycles. The fourth-order valence-electron chi connectivity index (χ4n) is 1.25. The maximum absolute atomic E-state index is 13.2. The minimum Gasteiger partial charge on any atom is -0.494 e. The van der Waals surface area contributed by atoms with Gasteiger partial charge in [-0.3, -0.25) is 0 Å². The van der Waals surface area contributed by atoms with Gasteiger partial charge < -0.3 is 9.84 Å². The highest BCUT2D eigenvalue weighted by Gasteiger charge is 2.13. The third kappa shape index (κ3) is 2.23. The minimum absolute atomic E-state index is 0.0720. The summed E-state index contributed by atoms with van der Waals surface area (Å²) in [6.07, 6.45) is -0.629. The van der Waals surface area contributed by atoms with Crippen molar-refractivity contribution in [3.8, 4) is 5.75 Å². The average Bonchev–Trinajstić information content (AvgIpc) is 2.16. The summed E-state index contributed by atoms with van der Waals surface area (Å²) in [5, 5.41) is 9.68. The van der Waals surface area contributed by atoms with E-state index in [1.54, 1.807) is 6.07 Å². The molecule has 0 amide bonds. The normalized spacial score (nSPS) is 13.0. The molecule has 14 heavy (non-hydrogen) atoms. The number of hydrogen-bond acceptors (Lipinski definition) is 2. The Labute approximate surface area is 83.3 Å². The summed E-state index contributed by atoms with van der Waals surface area (Å²) in [5.41, 5.74) is 0.582. The molecule has 0 radical (unpaired) electrons. The molecule has 1 atom stereocenters. The van der Waals surface area contributed by atoms with Crippen LogP contribution in [0.5, 0.6) is 5.75 Å². The van der Waals surface area contributed by atoms with Crippen LogP contribution >= 0.6 is 0 Å². The SMILES string of the molecule is COc1ccc(C(O)C(C)C)cc1F. The third-order valence-electron chi connectivity index (χ3n) is 2.15. The highest BCUT2D eigenvalue weighted by molar-refractivity contribution is 5.30. The topological polar surface area (TPSA) is 29.5 Å². The highest BCUT2D eigenvalue weighted by atomic mass is 19.1. The zero-order valence-corrected chi connectivity index (χ0v) is 8.62. The van der Waals surface area contributed by atoms with Crippen LogP contribution < -0.4 is 4.74 Å². The van der Waals surface area contributed by atoms with Gasteiger partial charge in [0.25, 0.3) is 0 Å². The fourth-order valence-corrected chi connectivity index (χ4v) is 1.25. The Kier molecular flexibility index (Phi) is 3.47. The molecule has 1 rings (SSSR count). The first-order valence-corrected chi connectivity index (χ1v) is 4.57. The molecule has 0 saturated carbocycles. The Hall–Kier alpha value is -1.09. The van der Waals surface area contributed by atoms with Gasteiger partial charge in [-0.15, -0.1) is 0 Å². The van der Waals surface area contributed by atoms with E-state index in [2.05, 4.69) is 0 Å². The zero-order chi connectivity index (χ0) is 10.7. The number of hydrogen-bond donors (Lipinski definition) is 1. The maximum Gasteiger partial charge on any atom is 0.165 e. The highest BCUT2D eigenvalue weighted by Crippen LogP contribution is 2.25. The first-order valence-electron chi connectivity index (χ1n) is 4.57. The Bertz CT molecular complexity index is 310. The maximum atomic E-state index is 13.2. The van der Waals surface area contributed by atoms with E-state index in [4.69, 9.17) is 4.74 Å². The van der Waals surface area contributed by atoms with Gasteiger partial charge in [0.05, 0.1) is 13.2 Å². The molecule has 0 heterocycles. The van der Waals surface area contributed by atoms with Crippen molar-refractivity contribution in [3.63, 3.8) is 0 Å². The summed E-state index contributed by atoms with van der Waals surface area (Å²) in [5.74, 6) is -0.169. The van der Waals surface area contributed by atoms with Crippen molar-refractivity contribution < 1.29 is 14.2 Å². The van der Waals surface area contributed by atoms with Crippen molar-refractivity contribution >= 4 is 0 Å². The van der Waals surface area contributed by atoms with Crippen molar-refractivity contribution in [2.75, 3.05) is 7.11 Å². The fraction of sp³-hybridized carbons (Fsp3) is 0.455. The van der Waals surface area contributed by atoms with Gasteiger partial charge >= 0.3 is 0 Å². The quantitative estimate of drug-likeness (QED) is 0.808. The van der Waals surface area contributed by atoms with Crippen molar-refractivity contribution in [1.82, 2.24) is 0 Å². The number of rotatable bonds is 3. The Morgan fingerprint density at radius 2 is 2.00 bits per heavy atom. The van der Waals surface area contributed by atoms with Crippen molar-refractivity contribution in [2.45, 2.75) is 20.0 Å². The lowest BCUT2D eigenvalue weighted by Gasteiger charge is -2.15. The van der Waals surface area contributed by atoms with E-state index in [1.165, 1.54) is 19.2 Å². The number of methoxy groups -OCH3 is 1. The van der Waals surface area contributed by atoms with Gasteiger partial charge in [-0.1, -0.05) is 19.9 Å². The molecule has 0 aromatic heterocycles. The molecule has 1 unspecified atom stereocenters. The second-order valence-electron chi connectivity index (χ2n) is 3.58. The predicted molar refractivity (Wildman–Crippen MR) is 52.7 cm³/mol. The molecule has 1 aromatic rings. The second kappa shape index (κ2) is 4.42. The van der Waals surface area contributed by atoms with Crippen molar-refractivity contribution in [2.24, 2.45) is 5.92 Å². The van der Waals surface area contributed by atoms with Crippen LogP contribution in [-0.2, 0) is 0 Å². The lowest BCUT2D eigenvalue weighted by molar-refractivity contribution is 0.126. The van der Waals surface area contributed by atoms with E-state index in [0.717, 1.165) is 0 Å². The average molecular weight is 198 g/mol. The number of aliphatic hydroxyl groups is 1. The van der Waals surface area contributed by atoms with Gasteiger partial charge in [0.2, 0.25) is 0 Å². The predicted octanol–water partition coefficient (Wildman–Crippen LogP) is 2.52. The lowest BCUT2D eigenvalue weighted by Crippen LogP contribution is -2.05. The molecule has 2 nitrogen and oxygen atoms in total. The number of benzene rings is 1. The van der Waals surface area contributed by atoms with Crippen LogP contribution in [0.2, 0.25) is 0 Å². The summed E-state index contributed by atoms with van der Waals surface area (Å²) >= 11 is 0. The molecule has 3 heteroatoms. The first kappa shape index (κ1) is 11.0. The van der Waals surface area contributed by atoms with Crippen LogP contribution in [0, 0.1) is 11.7 Å². The molecular formula is C11H15FO2. The monoisotopic (exact) mass is 198 g/mol. The molecule has 0 fully saturated rings. The number of ether oxygens (including phenoxy) is 1. The summed E-state index contributed by atoms with van der Waals surface area (Å²) in [7, 11) is 1.41. The summed E-state index contributed by atoms with van der Waals surface area (Å²) in [6, 6.07) is 4.51. The summed E-state index contributed by atoms with van der Waals surface area (Å²) in [4.78, 5) is 0. The van der Waals surface area contributed by atoms with Crippen LogP contribution in [0.4, 0.5) is 4.39 Å². The zero-order valence-electron chi connectivity index (χ0n) is 8.62. The molecule has 0 aliphatic carbocycles. The first-order chi connectivity index (χ1) is 6.56. The van der Waals surface area contributed by atoms with E-state index in [0.29, 0.717) is 5.56 Å². The van der Waals surface area contributed by atoms with E-state index in [1.807, 2.05) is 13.8 Å². The van der Waals surface area contributed by atoms with E-state index in [-0.39, 0.29) is 11.7 Å². The number of halogens is 1. The van der Waals surface area contributed by atoms with Crippen LogP contribution in [-0.4, -0.2) is 12.2 Å². The molecule has 0 aliphatic rings. The molecule has 0 bridgehead atoms. The minimum atomic E-state index is -0.629. The van der Waals surface area contributed by atoms with Crippen LogP contribution in [0.3, 0.4) is 0 Å². The summed E-state index contributed by atoms with van der Waals surface area (Å²) in [6.45, 7) is 3.76. The molecule has 78 valence electrons. The van der Waals surface area contributed by atoms with Gasteiger partial charge in [-0.05, 0) is 23.6 Å². The largest absolute Gasteiger partial charge is 0.494 e. The standard InChI is InChI=1S/C11H15FO2/c1-7(2)11(13)8-4-5-10(14-3)9(12)6-8/h4-7,11,13H,1-3H3. The Morgan fingerprint density at radius 1 is 1.36 bits per heavy atom. The van der Waals surface area contributed by atoms with Gasteiger partial charge in [0, 0.05) is 0 Å². The van der Waals surface area contributed by atoms with Crippen LogP contribution in [0.1, 0.15) is 25.5 Å². The van der Waals surface area contributed by atoms with Crippen LogP contribution in [0.15, 0.2) is 18.2 Å². The smallest absolute Gasteiger partial charge is 0.165 e. The van der Waals surface area contributed by atoms with E-state index < -0.39 is 11.9 Å². The Balaban J connectivity index is 2.96. The lowest BCUT2D eigenvalue weighted by atomic mass is 9.99. The molecule has 0 aliphatic heterocycles. The molecule has 1 N–H and O–H groups in total. The second-order valence-corrected chi connectivity index (χ2v) is 3.58. The van der Waals surface area contributed by atoms with Gasteiger partial charge in [0.1, 0.15) is 0 Å². The Morgan fingerprint density at radius 3 is 2.43 bits per heavy atom. The summed E-state index contributed by atoms with van der Waals surface area (Å²) < 4.78 is 18.0. The van der Waals surface area contributed by atoms with Crippen LogP contribution in [0.25, 0.3) is 0 Å². The van der Waals surface area contributed by atoms with Gasteiger partial charge in [-0.2, -0.15) is 0 Å². The van der Waals surface area contributed by atoms with Crippen molar-refractivity contribution in [3.05, 3.63) is 29.6 Å².